The number of ether oxygens (including phenoxy) is 1. The van der Waals surface area contributed by atoms with Crippen molar-refractivity contribution in [3.05, 3.63) is 136 Å². The Morgan fingerprint density at radius 3 is 2.42 bits per heavy atom. The molecule has 2 saturated heterocycles. The number of carbonyl (C=O) groups is 1. The Morgan fingerprint density at radius 2 is 1.70 bits per heavy atom. The number of nitrogens with zero attached hydrogens (tertiary/aromatic N) is 5. The highest BCUT2D eigenvalue weighted by Crippen LogP contribution is 2.54. The molecule has 3 aromatic carbocycles. The monoisotopic (exact) mass is 1060 g/mol. The number of aromatic nitrogens is 3. The van der Waals surface area contributed by atoms with Crippen LogP contribution in [0.15, 0.2) is 96.3 Å². The summed E-state index contributed by atoms with van der Waals surface area (Å²) in [5.41, 5.74) is 3.81. The molecule has 4 aliphatic rings. The average molecular weight is 1060 g/mol. The van der Waals surface area contributed by atoms with Crippen molar-refractivity contribution in [1.29, 1.82) is 0 Å². The number of rotatable bonds is 15. The topological polar surface area (TPSA) is 184 Å². The van der Waals surface area contributed by atoms with Gasteiger partial charge in [0.25, 0.3) is 15.9 Å². The second kappa shape index (κ2) is 21.4. The van der Waals surface area contributed by atoms with Crippen molar-refractivity contribution >= 4 is 44.2 Å². The van der Waals surface area contributed by atoms with E-state index in [1.807, 2.05) is 6.92 Å². The number of pyridine rings is 2. The lowest BCUT2D eigenvalue weighted by atomic mass is 9.59. The maximum atomic E-state index is 14.8. The zero-order chi connectivity index (χ0) is 53.7. The van der Waals surface area contributed by atoms with E-state index < -0.39 is 44.0 Å². The molecule has 0 radical (unpaired) electrons. The molecule has 1 spiro atoms. The van der Waals surface area contributed by atoms with Gasteiger partial charge in [-0.15, -0.1) is 0 Å². The van der Waals surface area contributed by atoms with Crippen molar-refractivity contribution in [3.8, 4) is 11.5 Å². The normalized spacial score (nSPS) is 22.9. The van der Waals surface area contributed by atoms with Crippen LogP contribution in [0.3, 0.4) is 0 Å². The minimum Gasteiger partial charge on any atom is -0.629 e. The predicted molar refractivity (Wildman–Crippen MR) is 286 cm³/mol. The number of amides is 1. The molecule has 19 heteroatoms. The fourth-order valence-corrected chi connectivity index (χ4v) is 13.0. The third kappa shape index (κ3) is 11.3. The summed E-state index contributed by atoms with van der Waals surface area (Å²) in [6, 6.07) is 21.2. The Hall–Kier alpha value is -6.09. The quantitative estimate of drug-likeness (QED) is 0.0616. The minimum atomic E-state index is -4.58. The Balaban J connectivity index is 0.846. The van der Waals surface area contributed by atoms with Crippen molar-refractivity contribution in [2.75, 3.05) is 50.0 Å². The number of anilines is 2. The van der Waals surface area contributed by atoms with Gasteiger partial charge < -0.3 is 35.3 Å². The number of H-pyrrole nitrogens is 1. The second-order valence-corrected chi connectivity index (χ2v) is 24.1. The van der Waals surface area contributed by atoms with Crippen LogP contribution in [-0.4, -0.2) is 102 Å². The number of hydrogen-bond acceptors (Lipinski definition) is 12. The van der Waals surface area contributed by atoms with Crippen LogP contribution in [0.5, 0.6) is 11.5 Å². The van der Waals surface area contributed by atoms with Crippen LogP contribution in [0.2, 0.25) is 0 Å². The summed E-state index contributed by atoms with van der Waals surface area (Å²) in [7, 11) is -3.26. The lowest BCUT2D eigenvalue weighted by molar-refractivity contribution is -0.751. The molecular formula is C57H68F3N9O6S. The van der Waals surface area contributed by atoms with Gasteiger partial charge in [-0.2, -0.15) is 0 Å². The van der Waals surface area contributed by atoms with E-state index >= 15 is 0 Å². The molecule has 404 valence electrons. The summed E-state index contributed by atoms with van der Waals surface area (Å²) in [5.74, 6) is -2.26. The number of halogens is 3. The number of hydrogen-bond donors (Lipinski definition) is 5. The molecule has 2 aliphatic carbocycles. The van der Waals surface area contributed by atoms with E-state index in [1.165, 1.54) is 60.9 Å². The summed E-state index contributed by atoms with van der Waals surface area (Å²) in [6.07, 6.45) is 10.5. The zero-order valence-corrected chi connectivity index (χ0v) is 44.5. The van der Waals surface area contributed by atoms with E-state index in [9.17, 15) is 36.7 Å². The van der Waals surface area contributed by atoms with Gasteiger partial charge in [0, 0.05) is 81.4 Å². The second-order valence-electron chi connectivity index (χ2n) is 22.4. The summed E-state index contributed by atoms with van der Waals surface area (Å²) in [6.45, 7) is 12.5. The van der Waals surface area contributed by atoms with Crippen LogP contribution >= 0.6 is 0 Å². The number of aromatic amines is 1. The van der Waals surface area contributed by atoms with E-state index in [1.54, 1.807) is 18.2 Å². The van der Waals surface area contributed by atoms with Crippen LogP contribution in [0.4, 0.5) is 30.4 Å². The number of quaternary nitrogens is 1. The van der Waals surface area contributed by atoms with Gasteiger partial charge >= 0.3 is 0 Å². The minimum absolute atomic E-state index is 0.0307. The van der Waals surface area contributed by atoms with Gasteiger partial charge in [-0.1, -0.05) is 44.2 Å². The highest BCUT2D eigenvalue weighted by molar-refractivity contribution is 7.90. The smallest absolute Gasteiger partial charge is 0.268 e. The molecule has 3 aromatic heterocycles. The standard InChI is InChI=1S/C57H68F3N9O6S/c1-35(2)43-8-6-7-9-44(43)51-34-68(33-38-10-13-47(58)48(59)22-38)36(3)32-69(51)40-26-57(27-40)18-20-67(21-19-57)39-11-12-45(52(23-39)75-41-24-46-49(60)31-64-53(46)62-29-41)55(70)65-76(73,74)42-25-50(66(5)72)54(63-30-42)61-28-37-14-16-56(4,71)17-15-37/h6-13,22-25,29-31,35-37,40,51,66,71H,14-21,26-28,32-34H2,1-5H3,(H,61,63)(H,62,64)(H,65,70)/t36-,37?,51?,56?/m0/s1. The maximum absolute atomic E-state index is 14.8. The number of nitrogens with one attached hydrogen (secondary N) is 4. The fourth-order valence-electron chi connectivity index (χ4n) is 12.1. The average Bonchev–Trinajstić information content (AvgIpc) is 3.76. The molecule has 2 unspecified atom stereocenters. The number of piperidine rings is 1. The van der Waals surface area contributed by atoms with Gasteiger partial charge in [-0.25, -0.2) is 36.3 Å². The molecule has 5 N–H and O–H groups in total. The predicted octanol–water partition coefficient (Wildman–Crippen LogP) is 9.10. The summed E-state index contributed by atoms with van der Waals surface area (Å²) in [5, 5.41) is 26.2. The van der Waals surface area contributed by atoms with Gasteiger partial charge in [-0.05, 0) is 129 Å². The molecule has 5 heterocycles. The molecule has 4 fully saturated rings. The summed E-state index contributed by atoms with van der Waals surface area (Å²) in [4.78, 5) is 32.5. The van der Waals surface area contributed by atoms with Gasteiger partial charge in [0.15, 0.2) is 23.1 Å². The Morgan fingerprint density at radius 1 is 0.947 bits per heavy atom. The molecule has 6 aromatic rings. The van der Waals surface area contributed by atoms with Crippen LogP contribution in [0.1, 0.15) is 118 Å². The SMILES string of the molecule is CC(C)c1ccccc1C1CN(Cc2ccc(F)c(F)c2)[C@@H](C)CN1C1CC2(CCN(c3ccc(C(=O)NS(=O)(=O)c4cnc(NCC5CCC(C)(O)CC5)c([NH+](C)[O-])c4)c(Oc4cnc5[nH]cc(F)c5c4)c3)CC2)C1. The molecule has 2 aliphatic heterocycles. The Bertz CT molecular complexity index is 3200. The van der Waals surface area contributed by atoms with Crippen LogP contribution in [0.25, 0.3) is 11.0 Å². The largest absolute Gasteiger partial charge is 0.629 e. The third-order valence-electron chi connectivity index (χ3n) is 16.7. The van der Waals surface area contributed by atoms with Crippen molar-refractivity contribution in [2.45, 2.75) is 120 Å². The van der Waals surface area contributed by atoms with E-state index in [2.05, 4.69) is 84.7 Å². The first-order valence-electron chi connectivity index (χ1n) is 26.5. The molecule has 1 amide bonds. The first-order chi connectivity index (χ1) is 36.2. The van der Waals surface area contributed by atoms with Crippen LogP contribution in [0, 0.1) is 34.0 Å². The molecule has 10 rings (SSSR count). The molecule has 3 atom stereocenters. The zero-order valence-electron chi connectivity index (χ0n) is 43.7. The van der Waals surface area contributed by atoms with Crippen molar-refractivity contribution in [2.24, 2.45) is 11.3 Å². The number of sulfonamides is 1. The first-order valence-corrected chi connectivity index (χ1v) is 28.0. The van der Waals surface area contributed by atoms with Gasteiger partial charge in [-0.3, -0.25) is 14.6 Å². The van der Waals surface area contributed by atoms with Gasteiger partial charge in [0.05, 0.1) is 36.0 Å². The highest BCUT2D eigenvalue weighted by atomic mass is 32.2. The van der Waals surface area contributed by atoms with E-state index in [4.69, 9.17) is 4.74 Å². The Kier molecular flexibility index (Phi) is 15.0. The maximum Gasteiger partial charge on any atom is 0.268 e. The van der Waals surface area contributed by atoms with Crippen LogP contribution in [-0.2, 0) is 16.6 Å². The van der Waals surface area contributed by atoms with Crippen molar-refractivity contribution in [3.63, 3.8) is 0 Å². The summed E-state index contributed by atoms with van der Waals surface area (Å²) >= 11 is 0. The van der Waals surface area contributed by atoms with E-state index in [0.29, 0.717) is 43.5 Å². The lowest BCUT2D eigenvalue weighted by Crippen LogP contribution is -2.98. The highest BCUT2D eigenvalue weighted by Gasteiger charge is 2.51. The van der Waals surface area contributed by atoms with Crippen molar-refractivity contribution in [1.82, 2.24) is 29.5 Å². The van der Waals surface area contributed by atoms with Crippen molar-refractivity contribution < 1.29 is 41.3 Å². The fraction of sp³-hybridized carbons (Fsp3) is 0.456. The summed E-state index contributed by atoms with van der Waals surface area (Å²) < 4.78 is 79.3. The molecule has 76 heavy (non-hydrogen) atoms. The third-order valence-corrected chi connectivity index (χ3v) is 18.0. The van der Waals surface area contributed by atoms with E-state index in [-0.39, 0.29) is 62.3 Å². The molecular weight excluding hydrogens is 996 g/mol. The number of fused-ring (bicyclic) bond motifs is 1. The number of hydroxylamine groups is 1. The Labute approximate surface area is 442 Å². The first kappa shape index (κ1) is 53.3. The number of aliphatic hydroxyl groups is 1. The molecule has 0 bridgehead atoms. The number of piperazine rings is 1. The van der Waals surface area contributed by atoms with Gasteiger partial charge in [0.2, 0.25) is 0 Å². The lowest BCUT2D eigenvalue weighted by Gasteiger charge is -2.59. The number of carbonyl (C=O) groups excluding carboxylic acids is 1. The molecule has 15 nitrogen and oxygen atoms in total. The van der Waals surface area contributed by atoms with Crippen LogP contribution < -0.4 is 24.7 Å². The van der Waals surface area contributed by atoms with Gasteiger partial charge in [0.1, 0.15) is 27.9 Å². The molecule has 2 saturated carbocycles. The number of benzene rings is 3. The van der Waals surface area contributed by atoms with E-state index in [0.717, 1.165) is 82.2 Å².